The lowest BCUT2D eigenvalue weighted by Crippen LogP contribution is -2.34. The highest BCUT2D eigenvalue weighted by atomic mass is 15.2. The van der Waals surface area contributed by atoms with Gasteiger partial charge in [-0.1, -0.05) is 0 Å². The lowest BCUT2D eigenvalue weighted by Gasteiger charge is -2.05. The van der Waals surface area contributed by atoms with Gasteiger partial charge in [-0.3, -0.25) is 4.99 Å². The van der Waals surface area contributed by atoms with E-state index in [1.165, 1.54) is 0 Å². The van der Waals surface area contributed by atoms with Crippen molar-refractivity contribution < 1.29 is 0 Å². The molecule has 1 rings (SSSR count). The van der Waals surface area contributed by atoms with Gasteiger partial charge < -0.3 is 16.4 Å². The predicted octanol–water partition coefficient (Wildman–Crippen LogP) is -0.577. The molecule has 1 aromatic rings. The van der Waals surface area contributed by atoms with Crippen LogP contribution in [0.25, 0.3) is 0 Å². The third-order valence-electron chi connectivity index (χ3n) is 1.55. The molecular weight excluding hydrogens is 180 g/mol. The maximum absolute atomic E-state index is 5.44. The minimum absolute atomic E-state index is 0.436. The fourth-order valence-electron chi connectivity index (χ4n) is 0.856. The number of hydrogen-bond acceptors (Lipinski definition) is 4. The molecule has 0 bridgehead atoms. The zero-order valence-electron chi connectivity index (χ0n) is 8.07. The number of guanidine groups is 1. The van der Waals surface area contributed by atoms with Crippen LogP contribution in [0.4, 0.5) is 5.82 Å². The Balaban J connectivity index is 2.17. The molecule has 0 aromatic carbocycles. The third-order valence-corrected chi connectivity index (χ3v) is 1.55. The molecule has 1 aromatic heterocycles. The highest BCUT2D eigenvalue weighted by molar-refractivity contribution is 5.77. The number of aliphatic imine (C=N–C) groups is 1. The fourth-order valence-corrected chi connectivity index (χ4v) is 0.856. The quantitative estimate of drug-likeness (QED) is 0.339. The van der Waals surface area contributed by atoms with Gasteiger partial charge in [0.15, 0.2) is 5.96 Å². The van der Waals surface area contributed by atoms with E-state index < -0.39 is 0 Å². The highest BCUT2D eigenvalue weighted by Crippen LogP contribution is 1.95. The summed E-state index contributed by atoms with van der Waals surface area (Å²) < 4.78 is 0. The zero-order valence-corrected chi connectivity index (χ0v) is 8.07. The van der Waals surface area contributed by atoms with Crippen molar-refractivity contribution in [1.82, 2.24) is 15.5 Å². The molecule has 1 heterocycles. The van der Waals surface area contributed by atoms with Crippen molar-refractivity contribution in [2.75, 3.05) is 25.5 Å². The van der Waals surface area contributed by atoms with Crippen molar-refractivity contribution in [3.05, 3.63) is 18.3 Å². The second-order valence-corrected chi connectivity index (χ2v) is 2.57. The second-order valence-electron chi connectivity index (χ2n) is 2.57. The van der Waals surface area contributed by atoms with E-state index in [-0.39, 0.29) is 0 Å². The molecule has 0 aliphatic rings. The number of rotatable bonds is 4. The van der Waals surface area contributed by atoms with Crippen molar-refractivity contribution in [3.8, 4) is 0 Å². The third kappa shape index (κ3) is 3.70. The van der Waals surface area contributed by atoms with Gasteiger partial charge in [0.05, 0.1) is 0 Å². The van der Waals surface area contributed by atoms with Crippen LogP contribution < -0.4 is 16.4 Å². The molecule has 0 radical (unpaired) electrons. The van der Waals surface area contributed by atoms with Gasteiger partial charge in [-0.15, -0.1) is 5.10 Å². The first-order valence-electron chi connectivity index (χ1n) is 4.30. The molecule has 0 unspecified atom stereocenters. The van der Waals surface area contributed by atoms with Crippen LogP contribution in [0.1, 0.15) is 0 Å². The minimum Gasteiger partial charge on any atom is -0.370 e. The molecule has 0 fully saturated rings. The Hall–Kier alpha value is -1.85. The second kappa shape index (κ2) is 5.74. The summed E-state index contributed by atoms with van der Waals surface area (Å²) in [6.07, 6.45) is 1.63. The Labute approximate surface area is 82.6 Å². The Kier molecular flexibility index (Phi) is 4.19. The predicted molar refractivity (Wildman–Crippen MR) is 56.1 cm³/mol. The van der Waals surface area contributed by atoms with Crippen LogP contribution in [-0.4, -0.2) is 36.3 Å². The molecule has 14 heavy (non-hydrogen) atoms. The molecule has 4 N–H and O–H groups in total. The Morgan fingerprint density at radius 3 is 3.07 bits per heavy atom. The standard InChI is InChI=1S/C8H14N6/c1-10-8(9)12-6-5-11-7-3-2-4-13-14-7/h2-4H,5-6H2,1H3,(H,11,14)(H3,9,10,12). The molecule has 6 nitrogen and oxygen atoms in total. The van der Waals surface area contributed by atoms with Crippen LogP contribution in [0.15, 0.2) is 23.3 Å². The number of aromatic nitrogens is 2. The molecule has 0 amide bonds. The number of nitrogens with zero attached hydrogens (tertiary/aromatic N) is 3. The van der Waals surface area contributed by atoms with Crippen molar-refractivity contribution in [2.24, 2.45) is 10.7 Å². The van der Waals surface area contributed by atoms with Gasteiger partial charge in [-0.25, -0.2) is 0 Å². The van der Waals surface area contributed by atoms with E-state index >= 15 is 0 Å². The summed E-state index contributed by atoms with van der Waals surface area (Å²) in [6.45, 7) is 1.41. The first kappa shape index (κ1) is 10.2. The van der Waals surface area contributed by atoms with E-state index in [0.29, 0.717) is 12.5 Å². The fraction of sp³-hybridized carbons (Fsp3) is 0.375. The van der Waals surface area contributed by atoms with E-state index in [1.54, 1.807) is 13.2 Å². The van der Waals surface area contributed by atoms with Gasteiger partial charge in [0, 0.05) is 26.3 Å². The van der Waals surface area contributed by atoms with E-state index in [9.17, 15) is 0 Å². The summed E-state index contributed by atoms with van der Waals surface area (Å²) in [5.41, 5.74) is 5.44. The summed E-state index contributed by atoms with van der Waals surface area (Å²) in [6, 6.07) is 3.68. The molecule has 76 valence electrons. The lowest BCUT2D eigenvalue weighted by molar-refractivity contribution is 0.883. The van der Waals surface area contributed by atoms with Crippen LogP contribution in [0.3, 0.4) is 0 Å². The molecule has 0 spiro atoms. The number of anilines is 1. The molecule has 0 saturated carbocycles. The van der Waals surface area contributed by atoms with Gasteiger partial charge in [0.25, 0.3) is 0 Å². The monoisotopic (exact) mass is 194 g/mol. The molecule has 0 aliphatic heterocycles. The van der Waals surface area contributed by atoms with Gasteiger partial charge in [-0.05, 0) is 12.1 Å². The highest BCUT2D eigenvalue weighted by Gasteiger charge is 1.91. The first-order valence-corrected chi connectivity index (χ1v) is 4.30. The topological polar surface area (TPSA) is 88.2 Å². The zero-order chi connectivity index (χ0) is 10.2. The average molecular weight is 194 g/mol. The summed E-state index contributed by atoms with van der Waals surface area (Å²) >= 11 is 0. The Morgan fingerprint density at radius 1 is 1.57 bits per heavy atom. The average Bonchev–Trinajstić information content (AvgIpc) is 2.25. The van der Waals surface area contributed by atoms with Crippen LogP contribution >= 0.6 is 0 Å². The minimum atomic E-state index is 0.436. The summed E-state index contributed by atoms with van der Waals surface area (Å²) in [5, 5.41) is 13.6. The molecule has 0 saturated heterocycles. The van der Waals surface area contributed by atoms with Gasteiger partial charge >= 0.3 is 0 Å². The summed E-state index contributed by atoms with van der Waals surface area (Å²) in [5.74, 6) is 1.19. The molecule has 0 aliphatic carbocycles. The maximum atomic E-state index is 5.44. The summed E-state index contributed by atoms with van der Waals surface area (Å²) in [7, 11) is 1.64. The van der Waals surface area contributed by atoms with E-state index in [4.69, 9.17) is 5.73 Å². The number of hydrogen-bond donors (Lipinski definition) is 3. The largest absolute Gasteiger partial charge is 0.370 e. The SMILES string of the molecule is CN=C(N)NCCNc1cccnn1. The van der Waals surface area contributed by atoms with Gasteiger partial charge in [0.1, 0.15) is 5.82 Å². The Morgan fingerprint density at radius 2 is 2.43 bits per heavy atom. The summed E-state index contributed by atoms with van der Waals surface area (Å²) in [4.78, 5) is 3.76. The first-order chi connectivity index (χ1) is 6.83. The van der Waals surface area contributed by atoms with Crippen LogP contribution in [0.5, 0.6) is 0 Å². The van der Waals surface area contributed by atoms with Crippen molar-refractivity contribution in [2.45, 2.75) is 0 Å². The Bertz CT molecular complexity index is 283. The van der Waals surface area contributed by atoms with Crippen molar-refractivity contribution in [3.63, 3.8) is 0 Å². The molecular formula is C8H14N6. The maximum Gasteiger partial charge on any atom is 0.188 e. The van der Waals surface area contributed by atoms with Crippen molar-refractivity contribution >= 4 is 11.8 Å². The van der Waals surface area contributed by atoms with Gasteiger partial charge in [-0.2, -0.15) is 5.10 Å². The van der Waals surface area contributed by atoms with E-state index in [2.05, 4.69) is 25.8 Å². The normalized spacial score (nSPS) is 11.1. The number of nitrogens with two attached hydrogens (primary N) is 1. The van der Waals surface area contributed by atoms with Crippen LogP contribution in [0.2, 0.25) is 0 Å². The smallest absolute Gasteiger partial charge is 0.188 e. The number of nitrogens with one attached hydrogen (secondary N) is 2. The van der Waals surface area contributed by atoms with Crippen LogP contribution in [-0.2, 0) is 0 Å². The molecule has 6 heteroatoms. The van der Waals surface area contributed by atoms with Gasteiger partial charge in [0.2, 0.25) is 0 Å². The van der Waals surface area contributed by atoms with E-state index in [0.717, 1.165) is 12.4 Å². The van der Waals surface area contributed by atoms with Crippen LogP contribution in [0, 0.1) is 0 Å². The van der Waals surface area contributed by atoms with E-state index in [1.807, 2.05) is 12.1 Å². The van der Waals surface area contributed by atoms with Crippen molar-refractivity contribution in [1.29, 1.82) is 0 Å². The molecule has 0 atom stereocenters. The lowest BCUT2D eigenvalue weighted by atomic mass is 10.5.